The first kappa shape index (κ1) is 16.0. The van der Waals surface area contributed by atoms with Gasteiger partial charge in [-0.1, -0.05) is 35.0 Å². The SMILES string of the molecule is COCCNCC1(c2cccc(Br)c2)CCC(C)CC1. The molecule has 1 aliphatic rings. The van der Waals surface area contributed by atoms with Crippen molar-refractivity contribution in [3.05, 3.63) is 34.3 Å². The summed E-state index contributed by atoms with van der Waals surface area (Å²) in [7, 11) is 1.76. The lowest BCUT2D eigenvalue weighted by Crippen LogP contribution is -2.42. The Kier molecular flexibility index (Phi) is 6.06. The van der Waals surface area contributed by atoms with Crippen LogP contribution in [0.1, 0.15) is 38.2 Å². The lowest BCUT2D eigenvalue weighted by atomic mass is 9.67. The summed E-state index contributed by atoms with van der Waals surface area (Å²) in [5.41, 5.74) is 1.77. The maximum Gasteiger partial charge on any atom is 0.0587 e. The van der Waals surface area contributed by atoms with Crippen molar-refractivity contribution >= 4 is 15.9 Å². The number of halogens is 1. The molecule has 1 aromatic rings. The first-order chi connectivity index (χ1) is 9.66. The van der Waals surface area contributed by atoms with Gasteiger partial charge in [0.2, 0.25) is 0 Å². The van der Waals surface area contributed by atoms with Crippen LogP contribution in [0, 0.1) is 5.92 Å². The molecule has 0 unspecified atom stereocenters. The zero-order chi connectivity index (χ0) is 14.4. The molecule has 3 heteroatoms. The molecule has 0 bridgehead atoms. The molecule has 0 atom stereocenters. The second kappa shape index (κ2) is 7.58. The van der Waals surface area contributed by atoms with Gasteiger partial charge in [0.15, 0.2) is 0 Å². The quantitative estimate of drug-likeness (QED) is 0.786. The van der Waals surface area contributed by atoms with Gasteiger partial charge in [0.1, 0.15) is 0 Å². The van der Waals surface area contributed by atoms with Crippen molar-refractivity contribution in [3.8, 4) is 0 Å². The number of hydrogen-bond acceptors (Lipinski definition) is 2. The van der Waals surface area contributed by atoms with E-state index in [1.54, 1.807) is 7.11 Å². The molecule has 1 N–H and O–H groups in total. The Hall–Kier alpha value is -0.380. The van der Waals surface area contributed by atoms with Crippen molar-refractivity contribution in [1.82, 2.24) is 5.32 Å². The Bertz CT molecular complexity index is 413. The van der Waals surface area contributed by atoms with Crippen LogP contribution in [0.15, 0.2) is 28.7 Å². The summed E-state index contributed by atoms with van der Waals surface area (Å²) < 4.78 is 6.32. The van der Waals surface area contributed by atoms with Crippen LogP contribution in [-0.2, 0) is 10.2 Å². The minimum Gasteiger partial charge on any atom is -0.383 e. The number of benzene rings is 1. The highest BCUT2D eigenvalue weighted by Crippen LogP contribution is 2.41. The summed E-state index contributed by atoms with van der Waals surface area (Å²) >= 11 is 3.62. The molecule has 0 saturated heterocycles. The first-order valence-electron chi connectivity index (χ1n) is 7.62. The molecule has 0 amide bonds. The molecule has 1 aromatic carbocycles. The second-order valence-electron chi connectivity index (χ2n) is 6.14. The van der Waals surface area contributed by atoms with Crippen LogP contribution < -0.4 is 5.32 Å². The fourth-order valence-corrected chi connectivity index (χ4v) is 3.60. The van der Waals surface area contributed by atoms with Gasteiger partial charge >= 0.3 is 0 Å². The monoisotopic (exact) mass is 339 g/mol. The maximum absolute atomic E-state index is 5.14. The predicted molar refractivity (Wildman–Crippen MR) is 88.2 cm³/mol. The molecule has 0 aromatic heterocycles. The van der Waals surface area contributed by atoms with Crippen LogP contribution >= 0.6 is 15.9 Å². The van der Waals surface area contributed by atoms with Crippen LogP contribution in [0.5, 0.6) is 0 Å². The van der Waals surface area contributed by atoms with Crippen molar-refractivity contribution in [2.75, 3.05) is 26.8 Å². The minimum absolute atomic E-state index is 0.296. The highest BCUT2D eigenvalue weighted by Gasteiger charge is 2.35. The summed E-state index contributed by atoms with van der Waals surface area (Å²) in [6.45, 7) is 5.15. The molecule has 20 heavy (non-hydrogen) atoms. The van der Waals surface area contributed by atoms with Crippen LogP contribution in [0.3, 0.4) is 0 Å². The van der Waals surface area contributed by atoms with E-state index in [1.165, 1.54) is 35.7 Å². The molecule has 0 heterocycles. The van der Waals surface area contributed by atoms with E-state index in [0.717, 1.165) is 25.6 Å². The number of nitrogens with one attached hydrogen (secondary N) is 1. The van der Waals surface area contributed by atoms with Crippen molar-refractivity contribution in [1.29, 1.82) is 0 Å². The third-order valence-electron chi connectivity index (χ3n) is 4.61. The minimum atomic E-state index is 0.296. The topological polar surface area (TPSA) is 21.3 Å². The third-order valence-corrected chi connectivity index (χ3v) is 5.11. The summed E-state index contributed by atoms with van der Waals surface area (Å²) in [4.78, 5) is 0. The van der Waals surface area contributed by atoms with E-state index >= 15 is 0 Å². The van der Waals surface area contributed by atoms with E-state index in [9.17, 15) is 0 Å². The lowest BCUT2D eigenvalue weighted by molar-refractivity contribution is 0.187. The van der Waals surface area contributed by atoms with E-state index in [2.05, 4.69) is 52.4 Å². The molecule has 2 rings (SSSR count). The highest BCUT2D eigenvalue weighted by molar-refractivity contribution is 9.10. The number of ether oxygens (including phenoxy) is 1. The zero-order valence-electron chi connectivity index (χ0n) is 12.6. The second-order valence-corrected chi connectivity index (χ2v) is 7.06. The van der Waals surface area contributed by atoms with Crippen LogP contribution in [-0.4, -0.2) is 26.8 Å². The number of rotatable bonds is 6. The fourth-order valence-electron chi connectivity index (χ4n) is 3.20. The molecular formula is C17H26BrNO. The molecule has 1 aliphatic carbocycles. The van der Waals surface area contributed by atoms with Gasteiger partial charge in [-0.2, -0.15) is 0 Å². The molecule has 1 fully saturated rings. The molecule has 112 valence electrons. The Morgan fingerprint density at radius 2 is 2.10 bits per heavy atom. The van der Waals surface area contributed by atoms with Crippen molar-refractivity contribution in [2.24, 2.45) is 5.92 Å². The standard InChI is InChI=1S/C17H26BrNO/c1-14-6-8-17(9-7-14,13-19-10-11-20-2)15-4-3-5-16(18)12-15/h3-5,12,14,19H,6-11,13H2,1-2H3. The molecule has 1 saturated carbocycles. The Labute approximate surface area is 131 Å². The first-order valence-corrected chi connectivity index (χ1v) is 8.41. The maximum atomic E-state index is 5.14. The highest BCUT2D eigenvalue weighted by atomic mass is 79.9. The average molecular weight is 340 g/mol. The average Bonchev–Trinajstić information content (AvgIpc) is 2.46. The van der Waals surface area contributed by atoms with Crippen LogP contribution in [0.25, 0.3) is 0 Å². The van der Waals surface area contributed by atoms with Crippen LogP contribution in [0.2, 0.25) is 0 Å². The van der Waals surface area contributed by atoms with Crippen molar-refractivity contribution in [3.63, 3.8) is 0 Å². The van der Waals surface area contributed by atoms with Gasteiger partial charge in [-0.15, -0.1) is 0 Å². The molecule has 0 spiro atoms. The zero-order valence-corrected chi connectivity index (χ0v) is 14.2. The number of methoxy groups -OCH3 is 1. The van der Waals surface area contributed by atoms with Crippen molar-refractivity contribution in [2.45, 2.75) is 38.0 Å². The van der Waals surface area contributed by atoms with Gasteiger partial charge in [0, 0.05) is 30.1 Å². The van der Waals surface area contributed by atoms with Gasteiger partial charge in [-0.25, -0.2) is 0 Å². The smallest absolute Gasteiger partial charge is 0.0587 e. The van der Waals surface area contributed by atoms with Gasteiger partial charge in [-0.05, 0) is 49.3 Å². The molecule has 0 radical (unpaired) electrons. The lowest BCUT2D eigenvalue weighted by Gasteiger charge is -2.40. The Balaban J connectivity index is 2.11. The van der Waals surface area contributed by atoms with Gasteiger partial charge in [0.05, 0.1) is 6.61 Å². The van der Waals surface area contributed by atoms with Crippen LogP contribution in [0.4, 0.5) is 0 Å². The van der Waals surface area contributed by atoms with E-state index < -0.39 is 0 Å². The Morgan fingerprint density at radius 3 is 2.75 bits per heavy atom. The third kappa shape index (κ3) is 4.06. The summed E-state index contributed by atoms with van der Waals surface area (Å²) in [6, 6.07) is 8.86. The number of hydrogen-bond donors (Lipinski definition) is 1. The summed E-state index contributed by atoms with van der Waals surface area (Å²) in [5, 5.41) is 3.59. The molecule has 0 aliphatic heterocycles. The summed E-state index contributed by atoms with van der Waals surface area (Å²) in [5.74, 6) is 0.870. The molecule has 2 nitrogen and oxygen atoms in total. The normalized spacial score (nSPS) is 26.6. The Morgan fingerprint density at radius 1 is 1.35 bits per heavy atom. The predicted octanol–water partition coefficient (Wildman–Crippen LogP) is 4.13. The van der Waals surface area contributed by atoms with E-state index in [1.807, 2.05) is 0 Å². The largest absolute Gasteiger partial charge is 0.383 e. The van der Waals surface area contributed by atoms with Crippen molar-refractivity contribution < 1.29 is 4.74 Å². The van der Waals surface area contributed by atoms with E-state index in [-0.39, 0.29) is 0 Å². The molecular weight excluding hydrogens is 314 g/mol. The van der Waals surface area contributed by atoms with E-state index in [4.69, 9.17) is 4.74 Å². The van der Waals surface area contributed by atoms with Gasteiger partial charge < -0.3 is 10.1 Å². The fraction of sp³-hybridized carbons (Fsp3) is 0.647. The van der Waals surface area contributed by atoms with Gasteiger partial charge in [-0.3, -0.25) is 0 Å². The van der Waals surface area contributed by atoms with E-state index in [0.29, 0.717) is 5.41 Å². The summed E-state index contributed by atoms with van der Waals surface area (Å²) in [6.07, 6.45) is 5.23. The van der Waals surface area contributed by atoms with Gasteiger partial charge in [0.25, 0.3) is 0 Å².